The summed E-state index contributed by atoms with van der Waals surface area (Å²) in [5, 5.41) is 0. The van der Waals surface area contributed by atoms with Crippen molar-refractivity contribution < 1.29 is 0 Å². The van der Waals surface area contributed by atoms with Gasteiger partial charge in [0.05, 0.1) is 0 Å². The monoisotopic (exact) mass is 302 g/mol. The second-order valence-corrected chi connectivity index (χ2v) is 6.97. The lowest BCUT2D eigenvalue weighted by Crippen LogP contribution is -1.87. The highest BCUT2D eigenvalue weighted by atomic mass is 14.1. The van der Waals surface area contributed by atoms with Gasteiger partial charge in [0.1, 0.15) is 0 Å². The third-order valence-corrected chi connectivity index (χ3v) is 4.78. The molecular weight excluding hydrogens is 264 g/mol. The summed E-state index contributed by atoms with van der Waals surface area (Å²) in [6.07, 6.45) is 25.7. The lowest BCUT2D eigenvalue weighted by Gasteiger charge is -2.06. The molecule has 0 spiro atoms. The molecule has 0 heteroatoms. The molecule has 0 N–H and O–H groups in total. The van der Waals surface area contributed by atoms with Gasteiger partial charge in [-0.25, -0.2) is 0 Å². The van der Waals surface area contributed by atoms with Crippen LogP contribution in [0.4, 0.5) is 0 Å². The molecule has 0 heterocycles. The molecule has 0 aromatic carbocycles. The van der Waals surface area contributed by atoms with Crippen LogP contribution >= 0.6 is 0 Å². The summed E-state index contributed by atoms with van der Waals surface area (Å²) in [6.45, 7) is 2.24. The molecule has 1 rings (SSSR count). The van der Waals surface area contributed by atoms with Crippen LogP contribution in [-0.2, 0) is 0 Å². The second-order valence-electron chi connectivity index (χ2n) is 6.97. The fourth-order valence-corrected chi connectivity index (χ4v) is 3.23. The molecule has 0 aromatic heterocycles. The van der Waals surface area contributed by atoms with Gasteiger partial charge in [0.25, 0.3) is 0 Å². The maximum absolute atomic E-state index is 3.32. The van der Waals surface area contributed by atoms with Crippen LogP contribution in [-0.4, -0.2) is 0 Å². The van der Waals surface area contributed by atoms with E-state index in [-0.39, 0.29) is 0 Å². The van der Waals surface area contributed by atoms with Crippen molar-refractivity contribution in [2.24, 2.45) is 0 Å². The van der Waals surface area contributed by atoms with Crippen LogP contribution in [0.5, 0.6) is 0 Å². The standard InChI is InChI=1S/C22H38/c1-2-3-4-13-16-19-22-20-17-14-11-9-7-5-6-8-10-12-15-18-21-22/h19H,2-12,14-15,17-18,20-21H2,1H3. The predicted octanol–water partition coefficient (Wildman–Crippen LogP) is 7.58. The minimum atomic E-state index is 1.07. The zero-order valence-electron chi connectivity index (χ0n) is 15.1. The van der Waals surface area contributed by atoms with E-state index < -0.39 is 0 Å². The Bertz CT molecular complexity index is 308. The molecule has 0 radical (unpaired) electrons. The van der Waals surface area contributed by atoms with Crippen LogP contribution in [0.2, 0.25) is 0 Å². The van der Waals surface area contributed by atoms with Crippen molar-refractivity contribution in [3.63, 3.8) is 0 Å². The smallest absolute Gasteiger partial charge is 0.00921 e. The zero-order chi connectivity index (χ0) is 15.7. The first-order valence-corrected chi connectivity index (χ1v) is 10.1. The summed E-state index contributed by atoms with van der Waals surface area (Å²) in [4.78, 5) is 0. The molecule has 0 aliphatic heterocycles. The maximum Gasteiger partial charge on any atom is 0.00921 e. The van der Waals surface area contributed by atoms with Gasteiger partial charge in [0.2, 0.25) is 0 Å². The topological polar surface area (TPSA) is 0 Å². The van der Waals surface area contributed by atoms with Gasteiger partial charge in [-0.2, -0.15) is 0 Å². The number of allylic oxidation sites excluding steroid dienone is 2. The summed E-state index contributed by atoms with van der Waals surface area (Å²) < 4.78 is 0. The Morgan fingerprint density at radius 2 is 1.18 bits per heavy atom. The normalized spacial score (nSPS) is 19.4. The highest BCUT2D eigenvalue weighted by Gasteiger charge is 2.00. The van der Waals surface area contributed by atoms with E-state index in [1.807, 2.05) is 0 Å². The average molecular weight is 303 g/mol. The molecule has 0 atom stereocenters. The van der Waals surface area contributed by atoms with Crippen molar-refractivity contribution in [1.82, 2.24) is 0 Å². The van der Waals surface area contributed by atoms with E-state index >= 15 is 0 Å². The van der Waals surface area contributed by atoms with Crippen molar-refractivity contribution in [2.75, 3.05) is 0 Å². The van der Waals surface area contributed by atoms with Gasteiger partial charge in [0.15, 0.2) is 0 Å². The van der Waals surface area contributed by atoms with E-state index in [1.54, 1.807) is 5.57 Å². The Hall–Kier alpha value is -0.700. The van der Waals surface area contributed by atoms with Crippen molar-refractivity contribution >= 4 is 0 Å². The molecule has 0 amide bonds. The van der Waals surface area contributed by atoms with Gasteiger partial charge in [-0.15, -0.1) is 0 Å². The van der Waals surface area contributed by atoms with Crippen LogP contribution in [0.3, 0.4) is 0 Å². The van der Waals surface area contributed by atoms with E-state index in [2.05, 4.69) is 24.8 Å². The molecule has 0 bridgehead atoms. The fourth-order valence-electron chi connectivity index (χ4n) is 3.23. The van der Waals surface area contributed by atoms with Crippen LogP contribution in [0.25, 0.3) is 0 Å². The Labute approximate surface area is 140 Å². The van der Waals surface area contributed by atoms with Crippen LogP contribution in [0.15, 0.2) is 11.6 Å². The molecular formula is C22H38. The Balaban J connectivity index is 2.37. The van der Waals surface area contributed by atoms with E-state index in [1.165, 1.54) is 103 Å². The lowest BCUT2D eigenvalue weighted by atomic mass is 10.00. The lowest BCUT2D eigenvalue weighted by molar-refractivity contribution is 0.548. The van der Waals surface area contributed by atoms with Crippen molar-refractivity contribution in [3.05, 3.63) is 11.6 Å². The molecule has 1 saturated carbocycles. The van der Waals surface area contributed by atoms with Gasteiger partial charge in [-0.1, -0.05) is 95.0 Å². The van der Waals surface area contributed by atoms with E-state index in [4.69, 9.17) is 0 Å². The minimum absolute atomic E-state index is 1.07. The largest absolute Gasteiger partial charge is 0.0985 e. The van der Waals surface area contributed by atoms with E-state index in [0.717, 1.165) is 6.42 Å². The SMILES string of the molecule is CCCCC#CC=C1CCCCCCCCCCCCCC1. The molecule has 22 heavy (non-hydrogen) atoms. The van der Waals surface area contributed by atoms with E-state index in [9.17, 15) is 0 Å². The van der Waals surface area contributed by atoms with Gasteiger partial charge in [-0.05, 0) is 38.2 Å². The molecule has 1 fully saturated rings. The molecule has 1 aliphatic rings. The first-order valence-electron chi connectivity index (χ1n) is 10.1. The summed E-state index contributed by atoms with van der Waals surface area (Å²) >= 11 is 0. The van der Waals surface area contributed by atoms with Crippen molar-refractivity contribution in [3.8, 4) is 11.8 Å². The minimum Gasteiger partial charge on any atom is -0.0985 e. The summed E-state index contributed by atoms with van der Waals surface area (Å²) in [5.74, 6) is 6.64. The summed E-state index contributed by atoms with van der Waals surface area (Å²) in [7, 11) is 0. The number of hydrogen-bond donors (Lipinski definition) is 0. The molecule has 1 aliphatic carbocycles. The first kappa shape index (κ1) is 19.3. The first-order chi connectivity index (χ1) is 10.9. The highest BCUT2D eigenvalue weighted by molar-refractivity contribution is 5.21. The molecule has 0 aromatic rings. The van der Waals surface area contributed by atoms with Crippen molar-refractivity contribution in [1.29, 1.82) is 0 Å². The summed E-state index contributed by atoms with van der Waals surface area (Å²) in [6, 6.07) is 0. The van der Waals surface area contributed by atoms with Gasteiger partial charge >= 0.3 is 0 Å². The Morgan fingerprint density at radius 3 is 1.64 bits per heavy atom. The maximum atomic E-state index is 3.32. The summed E-state index contributed by atoms with van der Waals surface area (Å²) in [5.41, 5.74) is 1.62. The molecule has 0 unspecified atom stereocenters. The zero-order valence-corrected chi connectivity index (χ0v) is 15.1. The van der Waals surface area contributed by atoms with Crippen LogP contribution in [0, 0.1) is 11.8 Å². The quantitative estimate of drug-likeness (QED) is 0.364. The van der Waals surface area contributed by atoms with E-state index in [0.29, 0.717) is 0 Å². The average Bonchev–Trinajstić information content (AvgIpc) is 2.54. The second kappa shape index (κ2) is 15.2. The van der Waals surface area contributed by atoms with Crippen molar-refractivity contribution in [2.45, 2.75) is 116 Å². The Kier molecular flexibility index (Phi) is 13.4. The van der Waals surface area contributed by atoms with Gasteiger partial charge in [-0.3, -0.25) is 0 Å². The third-order valence-electron chi connectivity index (χ3n) is 4.78. The molecule has 126 valence electrons. The number of rotatable bonds is 2. The van der Waals surface area contributed by atoms with Crippen LogP contribution in [0.1, 0.15) is 116 Å². The van der Waals surface area contributed by atoms with Crippen LogP contribution < -0.4 is 0 Å². The number of unbranched alkanes of at least 4 members (excludes halogenated alkanes) is 2. The number of hydrogen-bond acceptors (Lipinski definition) is 0. The molecule has 0 saturated heterocycles. The highest BCUT2D eigenvalue weighted by Crippen LogP contribution is 2.19. The molecule has 0 nitrogen and oxygen atoms in total. The third kappa shape index (κ3) is 11.9. The Morgan fingerprint density at radius 1 is 0.727 bits per heavy atom. The van der Waals surface area contributed by atoms with Gasteiger partial charge in [0, 0.05) is 6.42 Å². The fraction of sp³-hybridized carbons (Fsp3) is 0.818. The van der Waals surface area contributed by atoms with Gasteiger partial charge < -0.3 is 0 Å². The predicted molar refractivity (Wildman–Crippen MR) is 100 cm³/mol.